The number of thioether (sulfide) groups is 1. The maximum absolute atomic E-state index is 5.91. The highest BCUT2D eigenvalue weighted by atomic mass is 35.5. The van der Waals surface area contributed by atoms with E-state index in [2.05, 4.69) is 6.92 Å². The van der Waals surface area contributed by atoms with Crippen molar-refractivity contribution in [2.45, 2.75) is 6.92 Å². The molecular formula is C10H13ClOS. The van der Waals surface area contributed by atoms with Crippen LogP contribution in [0.3, 0.4) is 0 Å². The Morgan fingerprint density at radius 2 is 2.15 bits per heavy atom. The monoisotopic (exact) mass is 216 g/mol. The minimum Gasteiger partial charge on any atom is -0.491 e. The summed E-state index contributed by atoms with van der Waals surface area (Å²) in [7, 11) is 0. The van der Waals surface area contributed by atoms with E-state index in [0.29, 0.717) is 5.02 Å². The summed E-state index contributed by atoms with van der Waals surface area (Å²) in [6.07, 6.45) is 0. The smallest absolute Gasteiger partial charge is 0.137 e. The molecule has 1 aromatic rings. The lowest BCUT2D eigenvalue weighted by molar-refractivity contribution is 0.344. The van der Waals surface area contributed by atoms with Crippen molar-refractivity contribution < 1.29 is 4.74 Å². The van der Waals surface area contributed by atoms with Crippen molar-refractivity contribution in [1.82, 2.24) is 0 Å². The summed E-state index contributed by atoms with van der Waals surface area (Å²) in [4.78, 5) is 0. The lowest BCUT2D eigenvalue weighted by Crippen LogP contribution is -2.00. The normalized spacial score (nSPS) is 10.0. The molecule has 1 nitrogen and oxygen atoms in total. The van der Waals surface area contributed by atoms with Crippen molar-refractivity contribution in [3.63, 3.8) is 0 Å². The van der Waals surface area contributed by atoms with Crippen LogP contribution in [0.5, 0.6) is 5.75 Å². The van der Waals surface area contributed by atoms with Crippen LogP contribution in [0.15, 0.2) is 24.3 Å². The fourth-order valence-corrected chi connectivity index (χ4v) is 1.60. The van der Waals surface area contributed by atoms with Gasteiger partial charge in [0.15, 0.2) is 0 Å². The van der Waals surface area contributed by atoms with Gasteiger partial charge in [0.2, 0.25) is 0 Å². The standard InChI is InChI=1S/C10H13ClOS/c1-2-13-8-7-12-10-6-4-3-5-9(10)11/h3-6H,2,7-8H2,1H3. The molecular weight excluding hydrogens is 204 g/mol. The summed E-state index contributed by atoms with van der Waals surface area (Å²) in [5.41, 5.74) is 0. The first-order chi connectivity index (χ1) is 6.34. The molecule has 0 heterocycles. The third-order valence-corrected chi connectivity index (χ3v) is 2.70. The summed E-state index contributed by atoms with van der Waals surface area (Å²) < 4.78 is 5.49. The van der Waals surface area contributed by atoms with Crippen molar-refractivity contribution in [3.8, 4) is 5.75 Å². The molecule has 0 N–H and O–H groups in total. The number of halogens is 1. The molecule has 0 aliphatic rings. The number of rotatable bonds is 5. The van der Waals surface area contributed by atoms with Gasteiger partial charge in [-0.3, -0.25) is 0 Å². The Morgan fingerprint density at radius 3 is 2.85 bits per heavy atom. The van der Waals surface area contributed by atoms with Crippen LogP contribution in [0.4, 0.5) is 0 Å². The lowest BCUT2D eigenvalue weighted by Gasteiger charge is -2.06. The van der Waals surface area contributed by atoms with Crippen molar-refractivity contribution in [2.75, 3.05) is 18.1 Å². The maximum Gasteiger partial charge on any atom is 0.137 e. The summed E-state index contributed by atoms with van der Waals surface area (Å²) in [6, 6.07) is 7.55. The van der Waals surface area contributed by atoms with E-state index in [1.54, 1.807) is 0 Å². The van der Waals surface area contributed by atoms with Gasteiger partial charge in [0.25, 0.3) is 0 Å². The Labute approximate surface area is 88.4 Å². The quantitative estimate of drug-likeness (QED) is 0.698. The number of para-hydroxylation sites is 1. The van der Waals surface area contributed by atoms with Crippen molar-refractivity contribution in [2.24, 2.45) is 0 Å². The first-order valence-electron chi connectivity index (χ1n) is 4.29. The molecule has 1 aromatic carbocycles. The van der Waals surface area contributed by atoms with Crippen LogP contribution in [-0.2, 0) is 0 Å². The molecule has 0 bridgehead atoms. The highest BCUT2D eigenvalue weighted by Gasteiger charge is 1.97. The first kappa shape index (κ1) is 10.7. The highest BCUT2D eigenvalue weighted by Crippen LogP contribution is 2.23. The van der Waals surface area contributed by atoms with Crippen LogP contribution >= 0.6 is 23.4 Å². The SMILES string of the molecule is CCSCCOc1ccccc1Cl. The number of benzene rings is 1. The van der Waals surface area contributed by atoms with E-state index in [1.165, 1.54) is 0 Å². The number of hydrogen-bond acceptors (Lipinski definition) is 2. The van der Waals surface area contributed by atoms with E-state index in [0.717, 1.165) is 23.9 Å². The van der Waals surface area contributed by atoms with Gasteiger partial charge >= 0.3 is 0 Å². The molecule has 0 aromatic heterocycles. The van der Waals surface area contributed by atoms with Crippen molar-refractivity contribution >= 4 is 23.4 Å². The van der Waals surface area contributed by atoms with E-state index in [1.807, 2.05) is 36.0 Å². The van der Waals surface area contributed by atoms with Gasteiger partial charge in [-0.1, -0.05) is 30.7 Å². The fraction of sp³-hybridized carbons (Fsp3) is 0.400. The largest absolute Gasteiger partial charge is 0.491 e. The minimum absolute atomic E-state index is 0.684. The Bertz CT molecular complexity index is 252. The Balaban J connectivity index is 2.32. The Morgan fingerprint density at radius 1 is 1.38 bits per heavy atom. The first-order valence-corrected chi connectivity index (χ1v) is 5.83. The Hall–Kier alpha value is -0.340. The van der Waals surface area contributed by atoms with Crippen LogP contribution in [0, 0.1) is 0 Å². The summed E-state index contributed by atoms with van der Waals surface area (Å²) in [6.45, 7) is 2.86. The second-order valence-corrected chi connectivity index (χ2v) is 4.28. The molecule has 0 unspecified atom stereocenters. The van der Waals surface area contributed by atoms with Crippen LogP contribution < -0.4 is 4.74 Å². The highest BCUT2D eigenvalue weighted by molar-refractivity contribution is 7.99. The predicted octanol–water partition coefficient (Wildman–Crippen LogP) is 3.47. The van der Waals surface area contributed by atoms with Gasteiger partial charge in [-0.05, 0) is 17.9 Å². The van der Waals surface area contributed by atoms with Gasteiger partial charge < -0.3 is 4.74 Å². The molecule has 3 heteroatoms. The molecule has 0 aliphatic carbocycles. The third kappa shape index (κ3) is 3.92. The second kappa shape index (κ2) is 6.17. The van der Waals surface area contributed by atoms with Crippen molar-refractivity contribution in [3.05, 3.63) is 29.3 Å². The van der Waals surface area contributed by atoms with E-state index in [4.69, 9.17) is 16.3 Å². The topological polar surface area (TPSA) is 9.23 Å². The fourth-order valence-electron chi connectivity index (χ4n) is 0.917. The van der Waals surface area contributed by atoms with Crippen LogP contribution in [-0.4, -0.2) is 18.1 Å². The third-order valence-electron chi connectivity index (χ3n) is 1.53. The maximum atomic E-state index is 5.91. The average molecular weight is 217 g/mol. The second-order valence-electron chi connectivity index (χ2n) is 2.48. The summed E-state index contributed by atoms with van der Waals surface area (Å²) >= 11 is 7.77. The molecule has 1 rings (SSSR count). The van der Waals surface area contributed by atoms with Gasteiger partial charge in [-0.2, -0.15) is 11.8 Å². The van der Waals surface area contributed by atoms with Gasteiger partial charge in [-0.25, -0.2) is 0 Å². The predicted molar refractivity (Wildman–Crippen MR) is 59.9 cm³/mol. The Kier molecular flexibility index (Phi) is 5.09. The molecule has 0 saturated heterocycles. The van der Waals surface area contributed by atoms with Crippen LogP contribution in [0.2, 0.25) is 5.02 Å². The minimum atomic E-state index is 0.684. The van der Waals surface area contributed by atoms with Crippen LogP contribution in [0.25, 0.3) is 0 Å². The number of hydrogen-bond donors (Lipinski definition) is 0. The lowest BCUT2D eigenvalue weighted by atomic mass is 10.3. The molecule has 13 heavy (non-hydrogen) atoms. The molecule has 0 radical (unpaired) electrons. The molecule has 0 aliphatic heterocycles. The van der Waals surface area contributed by atoms with Crippen LogP contribution in [0.1, 0.15) is 6.92 Å². The van der Waals surface area contributed by atoms with Gasteiger partial charge in [0.1, 0.15) is 5.75 Å². The zero-order valence-electron chi connectivity index (χ0n) is 7.63. The van der Waals surface area contributed by atoms with Gasteiger partial charge in [0, 0.05) is 5.75 Å². The molecule has 0 saturated carbocycles. The number of ether oxygens (including phenoxy) is 1. The average Bonchev–Trinajstić information content (AvgIpc) is 2.15. The molecule has 0 atom stereocenters. The molecule has 0 amide bonds. The zero-order chi connectivity index (χ0) is 9.52. The molecule has 72 valence electrons. The van der Waals surface area contributed by atoms with E-state index < -0.39 is 0 Å². The molecule has 0 spiro atoms. The van der Waals surface area contributed by atoms with E-state index >= 15 is 0 Å². The zero-order valence-corrected chi connectivity index (χ0v) is 9.20. The summed E-state index contributed by atoms with van der Waals surface area (Å²) in [5, 5.41) is 0.684. The van der Waals surface area contributed by atoms with Gasteiger partial charge in [-0.15, -0.1) is 0 Å². The van der Waals surface area contributed by atoms with E-state index in [-0.39, 0.29) is 0 Å². The van der Waals surface area contributed by atoms with E-state index in [9.17, 15) is 0 Å². The van der Waals surface area contributed by atoms with Crippen molar-refractivity contribution in [1.29, 1.82) is 0 Å². The summed E-state index contributed by atoms with van der Waals surface area (Å²) in [5.74, 6) is 2.93. The van der Waals surface area contributed by atoms with Gasteiger partial charge in [0.05, 0.1) is 11.6 Å². The molecule has 0 fully saturated rings.